The summed E-state index contributed by atoms with van der Waals surface area (Å²) < 4.78 is 5.62. The average Bonchev–Trinajstić information content (AvgIpc) is 2.81. The van der Waals surface area contributed by atoms with Gasteiger partial charge in [-0.15, -0.1) is 0 Å². The first-order chi connectivity index (χ1) is 15.4. The monoisotopic (exact) mass is 470 g/mol. The zero-order chi connectivity index (χ0) is 22.9. The molecule has 0 fully saturated rings. The van der Waals surface area contributed by atoms with Crippen molar-refractivity contribution in [3.63, 3.8) is 0 Å². The minimum Gasteiger partial charge on any atom is -0.482 e. The molecule has 0 spiro atoms. The molecule has 166 valence electrons. The van der Waals surface area contributed by atoms with Gasteiger partial charge in [-0.3, -0.25) is 9.59 Å². The number of para-hydroxylation sites is 1. The third-order valence-electron chi connectivity index (χ3n) is 4.93. The van der Waals surface area contributed by atoms with Gasteiger partial charge in [0.2, 0.25) is 5.91 Å². The zero-order valence-corrected chi connectivity index (χ0v) is 19.1. The molecular formula is C25H24Cl2N2O3. The lowest BCUT2D eigenvalue weighted by atomic mass is 10.1. The summed E-state index contributed by atoms with van der Waals surface area (Å²) in [6.45, 7) is 2.07. The molecule has 0 saturated heterocycles. The van der Waals surface area contributed by atoms with Crippen LogP contribution in [0.25, 0.3) is 0 Å². The molecule has 0 unspecified atom stereocenters. The molecule has 5 nitrogen and oxygen atoms in total. The Hall–Kier alpha value is -3.02. The number of benzene rings is 3. The normalized spacial score (nSPS) is 11.5. The van der Waals surface area contributed by atoms with Crippen molar-refractivity contribution in [2.45, 2.75) is 26.1 Å². The Balaban J connectivity index is 1.71. The van der Waals surface area contributed by atoms with E-state index < -0.39 is 6.04 Å². The van der Waals surface area contributed by atoms with Gasteiger partial charge in [0.05, 0.1) is 5.02 Å². The number of hydrogen-bond acceptors (Lipinski definition) is 3. The number of rotatable bonds is 9. The predicted molar refractivity (Wildman–Crippen MR) is 127 cm³/mol. The third-order valence-corrected chi connectivity index (χ3v) is 5.50. The van der Waals surface area contributed by atoms with E-state index in [1.807, 2.05) is 42.5 Å². The number of carbonyl (C=O) groups is 2. The molecule has 7 heteroatoms. The molecule has 1 atom stereocenters. The number of nitrogens with one attached hydrogen (secondary N) is 1. The van der Waals surface area contributed by atoms with Crippen molar-refractivity contribution >= 4 is 35.0 Å². The molecule has 0 saturated carbocycles. The minimum absolute atomic E-state index is 0.238. The van der Waals surface area contributed by atoms with Crippen molar-refractivity contribution < 1.29 is 14.3 Å². The topological polar surface area (TPSA) is 58.6 Å². The van der Waals surface area contributed by atoms with Crippen molar-refractivity contribution in [3.05, 3.63) is 100 Å². The van der Waals surface area contributed by atoms with Gasteiger partial charge in [-0.2, -0.15) is 0 Å². The lowest BCUT2D eigenvalue weighted by molar-refractivity contribution is -0.142. The van der Waals surface area contributed by atoms with E-state index in [1.165, 1.54) is 4.90 Å². The van der Waals surface area contributed by atoms with Gasteiger partial charge in [-0.1, -0.05) is 77.8 Å². The summed E-state index contributed by atoms with van der Waals surface area (Å²) in [6.07, 6.45) is 0. The Morgan fingerprint density at radius 1 is 0.906 bits per heavy atom. The highest BCUT2D eigenvalue weighted by Crippen LogP contribution is 2.23. The molecule has 0 aliphatic rings. The average molecular weight is 471 g/mol. The summed E-state index contributed by atoms with van der Waals surface area (Å²) in [6, 6.07) is 23.0. The van der Waals surface area contributed by atoms with Crippen LogP contribution in [-0.2, 0) is 22.7 Å². The van der Waals surface area contributed by atoms with E-state index in [1.54, 1.807) is 43.3 Å². The highest BCUT2D eigenvalue weighted by atomic mass is 35.5. The van der Waals surface area contributed by atoms with Gasteiger partial charge < -0.3 is 15.0 Å². The van der Waals surface area contributed by atoms with Crippen LogP contribution in [0.1, 0.15) is 18.1 Å². The summed E-state index contributed by atoms with van der Waals surface area (Å²) >= 11 is 12.1. The second kappa shape index (κ2) is 11.6. The van der Waals surface area contributed by atoms with Crippen LogP contribution in [0.4, 0.5) is 0 Å². The van der Waals surface area contributed by atoms with Crippen LogP contribution in [0.2, 0.25) is 10.0 Å². The van der Waals surface area contributed by atoms with E-state index in [0.29, 0.717) is 22.3 Å². The Morgan fingerprint density at radius 2 is 1.56 bits per heavy atom. The molecule has 0 aliphatic heterocycles. The van der Waals surface area contributed by atoms with Gasteiger partial charge in [0.1, 0.15) is 11.8 Å². The van der Waals surface area contributed by atoms with Gasteiger partial charge in [-0.05, 0) is 42.3 Å². The highest BCUT2D eigenvalue weighted by Gasteiger charge is 2.26. The summed E-state index contributed by atoms with van der Waals surface area (Å²) in [5.74, 6) is -0.175. The largest absolute Gasteiger partial charge is 0.482 e. The molecule has 0 radical (unpaired) electrons. The highest BCUT2D eigenvalue weighted by molar-refractivity contribution is 6.32. The number of nitrogens with zero attached hydrogens (tertiary/aromatic N) is 1. The van der Waals surface area contributed by atoms with Crippen LogP contribution in [0.3, 0.4) is 0 Å². The number of hydrogen-bond donors (Lipinski definition) is 1. The number of amides is 2. The van der Waals surface area contributed by atoms with E-state index >= 15 is 0 Å². The fourth-order valence-electron chi connectivity index (χ4n) is 3.09. The van der Waals surface area contributed by atoms with E-state index in [2.05, 4.69) is 5.32 Å². The van der Waals surface area contributed by atoms with Crippen molar-refractivity contribution in [2.75, 3.05) is 6.61 Å². The molecule has 0 aliphatic carbocycles. The van der Waals surface area contributed by atoms with Gasteiger partial charge in [0, 0.05) is 18.1 Å². The fraction of sp³-hybridized carbons (Fsp3) is 0.200. The van der Waals surface area contributed by atoms with Crippen LogP contribution in [-0.4, -0.2) is 29.4 Å². The first-order valence-corrected chi connectivity index (χ1v) is 10.9. The van der Waals surface area contributed by atoms with Crippen LogP contribution in [0.5, 0.6) is 5.75 Å². The Bertz CT molecular complexity index is 1040. The van der Waals surface area contributed by atoms with Crippen molar-refractivity contribution in [1.29, 1.82) is 0 Å². The fourth-order valence-corrected chi connectivity index (χ4v) is 3.40. The van der Waals surface area contributed by atoms with E-state index in [4.69, 9.17) is 27.9 Å². The van der Waals surface area contributed by atoms with Crippen molar-refractivity contribution in [1.82, 2.24) is 10.2 Å². The molecule has 0 aromatic heterocycles. The van der Waals surface area contributed by atoms with Crippen LogP contribution in [0, 0.1) is 0 Å². The molecule has 32 heavy (non-hydrogen) atoms. The van der Waals surface area contributed by atoms with E-state index in [0.717, 1.165) is 11.1 Å². The number of carbonyl (C=O) groups excluding carboxylic acids is 2. The quantitative estimate of drug-likeness (QED) is 0.472. The van der Waals surface area contributed by atoms with Crippen molar-refractivity contribution in [3.8, 4) is 5.75 Å². The smallest absolute Gasteiger partial charge is 0.261 e. The van der Waals surface area contributed by atoms with Gasteiger partial charge >= 0.3 is 0 Å². The van der Waals surface area contributed by atoms with Crippen LogP contribution in [0.15, 0.2) is 78.9 Å². The first-order valence-electron chi connectivity index (χ1n) is 10.2. The molecule has 0 bridgehead atoms. The molecule has 3 rings (SSSR count). The molecule has 3 aromatic carbocycles. The molecule has 1 N–H and O–H groups in total. The first kappa shape index (κ1) is 23.6. The van der Waals surface area contributed by atoms with E-state index in [-0.39, 0.29) is 25.0 Å². The SMILES string of the molecule is C[C@H](C(=O)NCc1ccccc1)N(Cc1ccc(Cl)cc1)C(=O)COc1ccccc1Cl. The van der Waals surface area contributed by atoms with Crippen LogP contribution < -0.4 is 10.1 Å². The third kappa shape index (κ3) is 6.74. The predicted octanol–water partition coefficient (Wildman–Crippen LogP) is 5.11. The van der Waals surface area contributed by atoms with E-state index in [9.17, 15) is 9.59 Å². The summed E-state index contributed by atoms with van der Waals surface area (Å²) in [5, 5.41) is 3.91. The number of halogens is 2. The Morgan fingerprint density at radius 3 is 2.25 bits per heavy atom. The zero-order valence-electron chi connectivity index (χ0n) is 17.6. The second-order valence-electron chi connectivity index (χ2n) is 7.25. The second-order valence-corrected chi connectivity index (χ2v) is 8.09. The summed E-state index contributed by atoms with van der Waals surface area (Å²) in [5.41, 5.74) is 1.83. The molecular weight excluding hydrogens is 447 g/mol. The molecule has 0 heterocycles. The molecule has 3 aromatic rings. The lowest BCUT2D eigenvalue weighted by Crippen LogP contribution is -2.48. The van der Waals surface area contributed by atoms with Gasteiger partial charge in [0.15, 0.2) is 6.61 Å². The lowest BCUT2D eigenvalue weighted by Gasteiger charge is -2.29. The maximum Gasteiger partial charge on any atom is 0.261 e. The standard InChI is InChI=1S/C25H24Cl2N2O3/c1-18(25(31)28-15-19-7-3-2-4-8-19)29(16-20-11-13-21(26)14-12-20)24(30)17-32-23-10-6-5-9-22(23)27/h2-14,18H,15-17H2,1H3,(H,28,31)/t18-/m1/s1. The van der Waals surface area contributed by atoms with Gasteiger partial charge in [-0.25, -0.2) is 0 Å². The maximum absolute atomic E-state index is 13.1. The van der Waals surface area contributed by atoms with Gasteiger partial charge in [0.25, 0.3) is 5.91 Å². The number of ether oxygens (including phenoxy) is 1. The summed E-state index contributed by atoms with van der Waals surface area (Å²) in [4.78, 5) is 27.4. The molecule has 2 amide bonds. The van der Waals surface area contributed by atoms with Crippen molar-refractivity contribution in [2.24, 2.45) is 0 Å². The summed E-state index contributed by atoms with van der Waals surface area (Å²) in [7, 11) is 0. The Kier molecular flexibility index (Phi) is 8.54. The van der Waals surface area contributed by atoms with Crippen LogP contribution >= 0.6 is 23.2 Å². The maximum atomic E-state index is 13.1. The minimum atomic E-state index is -0.711. The Labute approximate surface area is 197 Å².